The Labute approximate surface area is 106 Å². The lowest BCUT2D eigenvalue weighted by Crippen LogP contribution is -2.12. The number of thioether (sulfide) groups is 1. The zero-order valence-electron chi connectivity index (χ0n) is 8.60. The summed E-state index contributed by atoms with van der Waals surface area (Å²) in [7, 11) is 0. The molecule has 0 aliphatic carbocycles. The molecule has 0 amide bonds. The number of rotatable bonds is 5. The molecular weight excluding hydrogens is 275 g/mol. The summed E-state index contributed by atoms with van der Waals surface area (Å²) in [4.78, 5) is -0.340. The standard InChI is InChI=1S/C10H9ClF3NOS/c1-2-17-10-8(14)6(12)5(11)7(13)9(10)16-4-3-15/h2H,1,3-4,15H2. The Morgan fingerprint density at radius 1 is 1.29 bits per heavy atom. The lowest BCUT2D eigenvalue weighted by molar-refractivity contribution is 0.295. The van der Waals surface area contributed by atoms with Crippen molar-refractivity contribution in [1.29, 1.82) is 0 Å². The molecule has 0 heterocycles. The van der Waals surface area contributed by atoms with Crippen LogP contribution in [-0.2, 0) is 0 Å². The molecule has 0 unspecified atom stereocenters. The van der Waals surface area contributed by atoms with E-state index in [4.69, 9.17) is 22.1 Å². The first-order valence-electron chi connectivity index (χ1n) is 4.51. The molecule has 0 aliphatic rings. The lowest BCUT2D eigenvalue weighted by atomic mass is 10.3. The highest BCUT2D eigenvalue weighted by molar-refractivity contribution is 8.02. The third-order valence-electron chi connectivity index (χ3n) is 1.75. The highest BCUT2D eigenvalue weighted by Crippen LogP contribution is 2.40. The first kappa shape index (κ1) is 14.2. The first-order chi connectivity index (χ1) is 8.04. The molecule has 17 heavy (non-hydrogen) atoms. The second-order valence-electron chi connectivity index (χ2n) is 2.84. The summed E-state index contributed by atoms with van der Waals surface area (Å²) in [5.41, 5.74) is 5.18. The van der Waals surface area contributed by atoms with E-state index in [9.17, 15) is 13.2 Å². The largest absolute Gasteiger partial charge is 0.488 e. The van der Waals surface area contributed by atoms with E-state index in [1.54, 1.807) is 0 Å². The molecule has 0 aromatic heterocycles. The van der Waals surface area contributed by atoms with E-state index >= 15 is 0 Å². The van der Waals surface area contributed by atoms with Crippen LogP contribution in [0, 0.1) is 17.5 Å². The van der Waals surface area contributed by atoms with Gasteiger partial charge in [-0.15, -0.1) is 0 Å². The third kappa shape index (κ3) is 2.88. The predicted molar refractivity (Wildman–Crippen MR) is 61.9 cm³/mol. The van der Waals surface area contributed by atoms with Crippen LogP contribution in [0.5, 0.6) is 5.75 Å². The van der Waals surface area contributed by atoms with Crippen molar-refractivity contribution in [3.8, 4) is 5.75 Å². The minimum Gasteiger partial charge on any atom is -0.488 e. The molecule has 0 radical (unpaired) electrons. The Bertz CT molecular complexity index is 442. The number of hydrogen-bond acceptors (Lipinski definition) is 3. The van der Waals surface area contributed by atoms with E-state index in [0.717, 1.165) is 0 Å². The van der Waals surface area contributed by atoms with Gasteiger partial charge in [0.05, 0.1) is 4.90 Å². The Morgan fingerprint density at radius 3 is 2.47 bits per heavy atom. The van der Waals surface area contributed by atoms with Crippen molar-refractivity contribution < 1.29 is 17.9 Å². The van der Waals surface area contributed by atoms with Gasteiger partial charge in [0.15, 0.2) is 23.2 Å². The molecular formula is C10H9ClF3NOS. The highest BCUT2D eigenvalue weighted by Gasteiger charge is 2.25. The van der Waals surface area contributed by atoms with Gasteiger partial charge in [0.2, 0.25) is 0 Å². The molecule has 2 N–H and O–H groups in total. The first-order valence-corrected chi connectivity index (χ1v) is 5.76. The fourth-order valence-electron chi connectivity index (χ4n) is 1.07. The lowest BCUT2D eigenvalue weighted by Gasteiger charge is -2.13. The number of nitrogens with two attached hydrogens (primary N) is 1. The third-order valence-corrected chi connectivity index (χ3v) is 2.85. The summed E-state index contributed by atoms with van der Waals surface area (Å²) in [6, 6.07) is 0. The fraction of sp³-hybridized carbons (Fsp3) is 0.200. The molecule has 0 atom stereocenters. The smallest absolute Gasteiger partial charge is 0.188 e. The Morgan fingerprint density at radius 2 is 1.94 bits per heavy atom. The maximum absolute atomic E-state index is 13.6. The molecule has 1 aromatic carbocycles. The SMILES string of the molecule is C=CSc1c(F)c(F)c(Cl)c(F)c1OCCN. The molecule has 1 rings (SSSR count). The van der Waals surface area contributed by atoms with Crippen molar-refractivity contribution in [3.05, 3.63) is 34.5 Å². The van der Waals surface area contributed by atoms with Gasteiger partial charge in [0, 0.05) is 6.54 Å². The van der Waals surface area contributed by atoms with Gasteiger partial charge in [-0.2, -0.15) is 0 Å². The topological polar surface area (TPSA) is 35.2 Å². The van der Waals surface area contributed by atoms with E-state index in [1.807, 2.05) is 0 Å². The Kier molecular flexibility index (Phi) is 5.17. The van der Waals surface area contributed by atoms with Gasteiger partial charge in [-0.1, -0.05) is 29.9 Å². The van der Waals surface area contributed by atoms with Crippen LogP contribution in [0.1, 0.15) is 0 Å². The molecule has 1 aromatic rings. The monoisotopic (exact) mass is 283 g/mol. The van der Waals surface area contributed by atoms with Crippen molar-refractivity contribution in [3.63, 3.8) is 0 Å². The van der Waals surface area contributed by atoms with Gasteiger partial charge in [-0.25, -0.2) is 13.2 Å². The molecule has 0 bridgehead atoms. The van der Waals surface area contributed by atoms with Crippen molar-refractivity contribution in [1.82, 2.24) is 0 Å². The maximum atomic E-state index is 13.6. The molecule has 7 heteroatoms. The minimum atomic E-state index is -1.45. The molecule has 2 nitrogen and oxygen atoms in total. The number of benzene rings is 1. The van der Waals surface area contributed by atoms with Crippen LogP contribution >= 0.6 is 23.4 Å². The fourth-order valence-corrected chi connectivity index (χ4v) is 1.85. The number of halogens is 4. The van der Waals surface area contributed by atoms with Crippen molar-refractivity contribution in [2.45, 2.75) is 4.90 Å². The highest BCUT2D eigenvalue weighted by atomic mass is 35.5. The van der Waals surface area contributed by atoms with E-state index in [1.165, 1.54) is 5.41 Å². The van der Waals surface area contributed by atoms with Crippen molar-refractivity contribution in [2.24, 2.45) is 5.73 Å². The summed E-state index contributed by atoms with van der Waals surface area (Å²) in [6.07, 6.45) is 0. The minimum absolute atomic E-state index is 0.0387. The van der Waals surface area contributed by atoms with E-state index < -0.39 is 28.2 Å². The van der Waals surface area contributed by atoms with Crippen LogP contribution in [0.2, 0.25) is 5.02 Å². The molecule has 0 fully saturated rings. The van der Waals surface area contributed by atoms with Crippen molar-refractivity contribution >= 4 is 23.4 Å². The Balaban J connectivity index is 3.36. The molecule has 0 saturated heterocycles. The second-order valence-corrected chi connectivity index (χ2v) is 4.19. The van der Waals surface area contributed by atoms with Crippen LogP contribution in [0.25, 0.3) is 0 Å². The molecule has 94 valence electrons. The summed E-state index contributed by atoms with van der Waals surface area (Å²) >= 11 is 6.00. The number of hydrogen-bond donors (Lipinski definition) is 1. The van der Waals surface area contributed by atoms with Gasteiger partial charge in [-0.05, 0) is 5.41 Å². The number of ether oxygens (including phenoxy) is 1. The Hall–Kier alpha value is -0.850. The predicted octanol–water partition coefficient (Wildman–Crippen LogP) is 3.33. The normalized spacial score (nSPS) is 10.4. The van der Waals surface area contributed by atoms with Crippen LogP contribution < -0.4 is 10.5 Å². The van der Waals surface area contributed by atoms with E-state index in [-0.39, 0.29) is 18.0 Å². The van der Waals surface area contributed by atoms with E-state index in [2.05, 4.69) is 6.58 Å². The van der Waals surface area contributed by atoms with E-state index in [0.29, 0.717) is 11.8 Å². The van der Waals surface area contributed by atoms with Gasteiger partial charge in [-0.3, -0.25) is 0 Å². The summed E-state index contributed by atoms with van der Waals surface area (Å²) in [5.74, 6) is -4.32. The van der Waals surface area contributed by atoms with Crippen LogP contribution in [0.4, 0.5) is 13.2 Å². The van der Waals surface area contributed by atoms with Gasteiger partial charge in [0.1, 0.15) is 11.6 Å². The summed E-state index contributed by atoms with van der Waals surface area (Å²) < 4.78 is 45.2. The average molecular weight is 284 g/mol. The van der Waals surface area contributed by atoms with Gasteiger partial charge >= 0.3 is 0 Å². The van der Waals surface area contributed by atoms with Crippen LogP contribution in [0.3, 0.4) is 0 Å². The quantitative estimate of drug-likeness (QED) is 0.511. The van der Waals surface area contributed by atoms with Gasteiger partial charge < -0.3 is 10.5 Å². The zero-order chi connectivity index (χ0) is 13.0. The maximum Gasteiger partial charge on any atom is 0.188 e. The molecule has 0 spiro atoms. The van der Waals surface area contributed by atoms with Crippen molar-refractivity contribution in [2.75, 3.05) is 13.2 Å². The summed E-state index contributed by atoms with van der Waals surface area (Å²) in [5, 5.41) is 0.281. The molecule has 0 aliphatic heterocycles. The van der Waals surface area contributed by atoms with Gasteiger partial charge in [0.25, 0.3) is 0 Å². The average Bonchev–Trinajstić information content (AvgIpc) is 2.33. The van der Waals surface area contributed by atoms with Crippen LogP contribution in [-0.4, -0.2) is 13.2 Å². The molecule has 0 saturated carbocycles. The summed E-state index contributed by atoms with van der Waals surface area (Å²) in [6.45, 7) is 3.41. The zero-order valence-corrected chi connectivity index (χ0v) is 10.2. The second kappa shape index (κ2) is 6.18. The van der Waals surface area contributed by atoms with Crippen LogP contribution in [0.15, 0.2) is 16.9 Å².